The number of carbonyl (C=O) groups excluding carboxylic acids is 1. The van der Waals surface area contributed by atoms with Crippen molar-refractivity contribution in [1.29, 1.82) is 0 Å². The summed E-state index contributed by atoms with van der Waals surface area (Å²) in [5.41, 5.74) is 0.298. The molecule has 9 heteroatoms. The number of hydroxylamine groups is 1. The van der Waals surface area contributed by atoms with Crippen LogP contribution in [0.3, 0.4) is 0 Å². The van der Waals surface area contributed by atoms with E-state index in [4.69, 9.17) is 9.94 Å². The average molecular weight is 399 g/mol. The van der Waals surface area contributed by atoms with Crippen LogP contribution in [0.2, 0.25) is 0 Å². The summed E-state index contributed by atoms with van der Waals surface area (Å²) in [6, 6.07) is 13.5. The topological polar surface area (TPSA) is 83.8 Å². The van der Waals surface area contributed by atoms with Crippen LogP contribution in [0.1, 0.15) is 21.6 Å². The molecule has 0 saturated heterocycles. The van der Waals surface area contributed by atoms with E-state index >= 15 is 0 Å². The van der Waals surface area contributed by atoms with Crippen LogP contribution in [-0.2, 0) is 6.18 Å². The van der Waals surface area contributed by atoms with Gasteiger partial charge >= 0.3 is 6.18 Å². The van der Waals surface area contributed by atoms with E-state index in [0.29, 0.717) is 11.3 Å². The Morgan fingerprint density at radius 2 is 1.76 bits per heavy atom. The Labute approximate surface area is 162 Å². The fourth-order valence-corrected chi connectivity index (χ4v) is 2.97. The predicted octanol–water partition coefficient (Wildman–Crippen LogP) is 4.74. The van der Waals surface area contributed by atoms with Crippen molar-refractivity contribution in [2.45, 2.75) is 6.18 Å². The minimum atomic E-state index is -4.83. The lowest BCUT2D eigenvalue weighted by atomic mass is 9.97. The van der Waals surface area contributed by atoms with Crippen molar-refractivity contribution in [2.24, 2.45) is 4.99 Å². The molecule has 29 heavy (non-hydrogen) atoms. The van der Waals surface area contributed by atoms with Gasteiger partial charge in [-0.25, -0.2) is 10.5 Å². The molecule has 1 aliphatic rings. The number of hydrogen-bond donors (Lipinski definition) is 2. The van der Waals surface area contributed by atoms with E-state index in [9.17, 15) is 18.0 Å². The number of carbonyl (C=O) groups is 1. The number of hydrogen-bond acceptors (Lipinski definition) is 5. The number of aromatic nitrogens is 1. The molecule has 0 unspecified atom stereocenters. The molecule has 2 heterocycles. The van der Waals surface area contributed by atoms with Gasteiger partial charge < -0.3 is 4.74 Å². The van der Waals surface area contributed by atoms with E-state index in [1.165, 1.54) is 36.0 Å². The number of halogens is 3. The molecular weight excluding hydrogens is 387 g/mol. The Bertz CT molecular complexity index is 1140. The number of benzene rings is 2. The summed E-state index contributed by atoms with van der Waals surface area (Å²) in [5.74, 6) is -0.925. The van der Waals surface area contributed by atoms with Gasteiger partial charge in [-0.1, -0.05) is 30.3 Å². The summed E-state index contributed by atoms with van der Waals surface area (Å²) in [6.45, 7) is 0. The van der Waals surface area contributed by atoms with E-state index in [0.717, 1.165) is 6.07 Å². The van der Waals surface area contributed by atoms with E-state index in [2.05, 4.69) is 9.98 Å². The quantitative estimate of drug-likeness (QED) is 0.377. The number of para-hydroxylation sites is 1. The highest BCUT2D eigenvalue weighted by Gasteiger charge is 2.38. The lowest BCUT2D eigenvalue weighted by Crippen LogP contribution is -2.20. The van der Waals surface area contributed by atoms with Crippen LogP contribution in [0.5, 0.6) is 11.6 Å². The number of alkyl halides is 3. The minimum absolute atomic E-state index is 0.0568. The van der Waals surface area contributed by atoms with Crippen LogP contribution >= 0.6 is 0 Å². The van der Waals surface area contributed by atoms with Gasteiger partial charge in [0.2, 0.25) is 5.88 Å². The number of nitrogens with zero attached hydrogens (tertiary/aromatic N) is 2. The highest BCUT2D eigenvalue weighted by Crippen LogP contribution is 2.44. The first-order valence-corrected chi connectivity index (χ1v) is 8.35. The first-order chi connectivity index (χ1) is 13.9. The van der Waals surface area contributed by atoms with E-state index in [-0.39, 0.29) is 28.3 Å². The maximum absolute atomic E-state index is 13.8. The molecule has 0 atom stereocenters. The monoisotopic (exact) mass is 399 g/mol. The molecule has 0 saturated carbocycles. The predicted molar refractivity (Wildman–Crippen MR) is 97.7 cm³/mol. The Balaban J connectivity index is 1.96. The maximum Gasteiger partial charge on any atom is 0.434 e. The van der Waals surface area contributed by atoms with Crippen LogP contribution < -0.4 is 10.2 Å². The van der Waals surface area contributed by atoms with Crippen LogP contribution in [0.4, 0.5) is 18.9 Å². The fraction of sp³-hybridized carbons (Fsp3) is 0.0500. The molecule has 0 aliphatic carbocycles. The van der Waals surface area contributed by atoms with Crippen molar-refractivity contribution < 1.29 is 27.9 Å². The number of aliphatic imine (C=N–C) groups is 1. The summed E-state index contributed by atoms with van der Waals surface area (Å²) in [4.78, 5) is 19.8. The highest BCUT2D eigenvalue weighted by molar-refractivity contribution is 6.01. The first kappa shape index (κ1) is 18.6. The molecule has 0 fully saturated rings. The third-order valence-electron chi connectivity index (χ3n) is 4.27. The zero-order valence-corrected chi connectivity index (χ0v) is 14.6. The standard InChI is InChI=1S/C20H12F3N3O3/c21-20(22,23)17-14(12-6-2-3-7-13(12)18(27)26-28)9-15-19(25-17)29-16-8-4-1-5-11(16)10-24-15/h1-10,28H,(H,26,27). The Morgan fingerprint density at radius 1 is 1.03 bits per heavy atom. The van der Waals surface area contributed by atoms with Crippen LogP contribution in [0, 0.1) is 0 Å². The van der Waals surface area contributed by atoms with E-state index in [1.807, 2.05) is 0 Å². The van der Waals surface area contributed by atoms with Crippen LogP contribution in [0.15, 0.2) is 59.6 Å². The number of pyridine rings is 1. The van der Waals surface area contributed by atoms with Gasteiger partial charge in [-0.2, -0.15) is 13.2 Å². The smallest absolute Gasteiger partial charge is 0.434 e. The van der Waals surface area contributed by atoms with Crippen molar-refractivity contribution in [1.82, 2.24) is 10.5 Å². The Hall–Kier alpha value is -3.72. The van der Waals surface area contributed by atoms with Gasteiger partial charge in [0.1, 0.15) is 11.4 Å². The molecule has 0 radical (unpaired) electrons. The first-order valence-electron chi connectivity index (χ1n) is 8.35. The number of ether oxygens (including phenoxy) is 1. The molecule has 4 rings (SSSR count). The summed E-state index contributed by atoms with van der Waals surface area (Å²) in [5, 5.41) is 8.94. The minimum Gasteiger partial charge on any atom is -0.436 e. The van der Waals surface area contributed by atoms with Crippen molar-refractivity contribution in [3.63, 3.8) is 0 Å². The van der Waals surface area contributed by atoms with Crippen molar-refractivity contribution in [2.75, 3.05) is 0 Å². The highest BCUT2D eigenvalue weighted by atomic mass is 19.4. The Kier molecular flexibility index (Phi) is 4.51. The van der Waals surface area contributed by atoms with Gasteiger partial charge in [-0.3, -0.25) is 15.0 Å². The second-order valence-corrected chi connectivity index (χ2v) is 6.09. The van der Waals surface area contributed by atoms with Gasteiger partial charge in [0, 0.05) is 22.9 Å². The largest absolute Gasteiger partial charge is 0.436 e. The Morgan fingerprint density at radius 3 is 2.52 bits per heavy atom. The van der Waals surface area contributed by atoms with Crippen LogP contribution in [-0.4, -0.2) is 22.3 Å². The lowest BCUT2D eigenvalue weighted by Gasteiger charge is -2.17. The summed E-state index contributed by atoms with van der Waals surface area (Å²) in [6.07, 6.45) is -3.36. The normalized spacial score (nSPS) is 12.4. The molecule has 1 aliphatic heterocycles. The van der Waals surface area contributed by atoms with Crippen LogP contribution in [0.25, 0.3) is 11.1 Å². The summed E-state index contributed by atoms with van der Waals surface area (Å²) in [7, 11) is 0. The molecule has 2 aromatic carbocycles. The second-order valence-electron chi connectivity index (χ2n) is 6.09. The number of fused-ring (bicyclic) bond motifs is 2. The third kappa shape index (κ3) is 3.43. The number of nitrogens with one attached hydrogen (secondary N) is 1. The van der Waals surface area contributed by atoms with Crippen molar-refractivity contribution in [3.05, 3.63) is 71.4 Å². The summed E-state index contributed by atoms with van der Waals surface area (Å²) >= 11 is 0. The third-order valence-corrected chi connectivity index (χ3v) is 4.27. The molecule has 0 bridgehead atoms. The zero-order valence-electron chi connectivity index (χ0n) is 14.6. The van der Waals surface area contributed by atoms with Gasteiger partial charge in [-0.05, 0) is 29.8 Å². The second kappa shape index (κ2) is 7.02. The molecular formula is C20H12F3N3O3. The van der Waals surface area contributed by atoms with Gasteiger partial charge in [0.15, 0.2) is 5.69 Å². The van der Waals surface area contributed by atoms with Gasteiger partial charge in [-0.15, -0.1) is 0 Å². The van der Waals surface area contributed by atoms with E-state index in [1.54, 1.807) is 24.3 Å². The van der Waals surface area contributed by atoms with E-state index < -0.39 is 17.8 Å². The zero-order chi connectivity index (χ0) is 20.6. The molecule has 2 N–H and O–H groups in total. The molecule has 0 spiro atoms. The number of amides is 1. The SMILES string of the molecule is O=C(NO)c1ccccc1-c1cc2c(nc1C(F)(F)F)Oc1ccccc1C=N2. The molecule has 146 valence electrons. The summed E-state index contributed by atoms with van der Waals surface area (Å²) < 4.78 is 47.0. The van der Waals surface area contributed by atoms with Crippen molar-refractivity contribution in [3.8, 4) is 22.8 Å². The number of rotatable bonds is 2. The fourth-order valence-electron chi connectivity index (χ4n) is 2.97. The molecule has 1 aromatic heterocycles. The molecule has 1 amide bonds. The van der Waals surface area contributed by atoms with Gasteiger partial charge in [0.25, 0.3) is 5.91 Å². The molecule has 3 aromatic rings. The average Bonchev–Trinajstić information content (AvgIpc) is 2.90. The maximum atomic E-state index is 13.8. The molecule has 6 nitrogen and oxygen atoms in total. The van der Waals surface area contributed by atoms with Crippen molar-refractivity contribution >= 4 is 17.8 Å². The van der Waals surface area contributed by atoms with Gasteiger partial charge in [0.05, 0.1) is 0 Å². The lowest BCUT2D eigenvalue weighted by molar-refractivity contribution is -0.140.